The molecule has 0 unspecified atom stereocenters. The third-order valence-corrected chi connectivity index (χ3v) is 5.73. The molecular formula is C21H15F3N4O2S. The molecular weight excluding hydrogens is 429 g/mol. The SMILES string of the molecule is Cc1cc(=O)c(C(=O)N(C)c2nc3ccccc3s2)nn1-c1ccccc1C(F)(F)F. The molecule has 0 fully saturated rings. The maximum Gasteiger partial charge on any atom is 0.418 e. The summed E-state index contributed by atoms with van der Waals surface area (Å²) in [5, 5.41) is 4.35. The van der Waals surface area contributed by atoms with Crippen molar-refractivity contribution in [3.8, 4) is 5.69 Å². The molecule has 2 aromatic heterocycles. The number of carbonyl (C=O) groups is 1. The van der Waals surface area contributed by atoms with Crippen molar-refractivity contribution in [2.45, 2.75) is 13.1 Å². The molecule has 31 heavy (non-hydrogen) atoms. The summed E-state index contributed by atoms with van der Waals surface area (Å²) < 4.78 is 42.2. The van der Waals surface area contributed by atoms with E-state index in [1.54, 1.807) is 6.07 Å². The molecule has 1 amide bonds. The quantitative estimate of drug-likeness (QED) is 0.468. The zero-order valence-corrected chi connectivity index (χ0v) is 17.2. The van der Waals surface area contributed by atoms with Crippen LogP contribution in [0.4, 0.5) is 18.3 Å². The van der Waals surface area contributed by atoms with Gasteiger partial charge in [-0.2, -0.15) is 18.3 Å². The van der Waals surface area contributed by atoms with E-state index < -0.39 is 28.8 Å². The molecule has 158 valence electrons. The summed E-state index contributed by atoms with van der Waals surface area (Å²) in [6, 6.07) is 13.2. The highest BCUT2D eigenvalue weighted by atomic mass is 32.1. The lowest BCUT2D eigenvalue weighted by Gasteiger charge is -2.18. The highest BCUT2D eigenvalue weighted by Crippen LogP contribution is 2.34. The average Bonchev–Trinajstić information content (AvgIpc) is 3.16. The van der Waals surface area contributed by atoms with E-state index in [0.29, 0.717) is 10.6 Å². The molecule has 0 radical (unpaired) electrons. The highest BCUT2D eigenvalue weighted by Gasteiger charge is 2.34. The number of aryl methyl sites for hydroxylation is 1. The monoisotopic (exact) mass is 444 g/mol. The number of benzene rings is 2. The maximum atomic E-state index is 13.5. The van der Waals surface area contributed by atoms with Crippen LogP contribution in [0.25, 0.3) is 15.9 Å². The Morgan fingerprint density at radius 1 is 1.10 bits per heavy atom. The largest absolute Gasteiger partial charge is 0.418 e. The third kappa shape index (κ3) is 3.81. The molecule has 2 aromatic carbocycles. The van der Waals surface area contributed by atoms with E-state index >= 15 is 0 Å². The molecule has 0 spiro atoms. The van der Waals surface area contributed by atoms with Crippen LogP contribution in [0.3, 0.4) is 0 Å². The van der Waals surface area contributed by atoms with E-state index in [2.05, 4.69) is 10.1 Å². The number of alkyl halides is 3. The molecule has 0 atom stereocenters. The molecule has 0 aliphatic rings. The number of para-hydroxylation sites is 2. The van der Waals surface area contributed by atoms with E-state index in [4.69, 9.17) is 0 Å². The summed E-state index contributed by atoms with van der Waals surface area (Å²) in [4.78, 5) is 31.0. The van der Waals surface area contributed by atoms with Crippen LogP contribution in [-0.4, -0.2) is 27.7 Å². The third-order valence-electron chi connectivity index (χ3n) is 4.62. The lowest BCUT2D eigenvalue weighted by atomic mass is 10.1. The standard InChI is InChI=1S/C21H15F3N4O2S/c1-12-11-16(29)18(26-28(12)15-9-5-3-7-13(15)21(22,23)24)19(30)27(2)20-25-14-8-4-6-10-17(14)31-20/h3-11H,1-2H3. The van der Waals surface area contributed by atoms with E-state index in [0.717, 1.165) is 21.5 Å². The van der Waals surface area contributed by atoms with E-state index in [1.807, 2.05) is 18.2 Å². The van der Waals surface area contributed by atoms with Crippen LogP contribution in [-0.2, 0) is 6.18 Å². The number of aromatic nitrogens is 3. The molecule has 0 N–H and O–H groups in total. The second-order valence-electron chi connectivity index (χ2n) is 6.75. The van der Waals surface area contributed by atoms with Gasteiger partial charge in [-0.25, -0.2) is 9.67 Å². The molecule has 2 heterocycles. The van der Waals surface area contributed by atoms with Gasteiger partial charge < -0.3 is 0 Å². The van der Waals surface area contributed by atoms with Crippen molar-refractivity contribution in [1.29, 1.82) is 0 Å². The first-order chi connectivity index (χ1) is 14.7. The summed E-state index contributed by atoms with van der Waals surface area (Å²) in [6.45, 7) is 1.45. The van der Waals surface area contributed by atoms with Crippen LogP contribution in [0.1, 0.15) is 21.7 Å². The van der Waals surface area contributed by atoms with E-state index in [9.17, 15) is 22.8 Å². The molecule has 10 heteroatoms. The van der Waals surface area contributed by atoms with Crippen LogP contribution >= 0.6 is 11.3 Å². The van der Waals surface area contributed by atoms with Gasteiger partial charge in [0.2, 0.25) is 5.43 Å². The first-order valence-electron chi connectivity index (χ1n) is 9.08. The number of nitrogens with zero attached hydrogens (tertiary/aromatic N) is 4. The normalized spacial score (nSPS) is 11.6. The van der Waals surface area contributed by atoms with Crippen molar-refractivity contribution in [3.63, 3.8) is 0 Å². The Labute approximate surface area is 178 Å². The zero-order valence-electron chi connectivity index (χ0n) is 16.3. The van der Waals surface area contributed by atoms with E-state index in [1.165, 1.54) is 48.4 Å². The van der Waals surface area contributed by atoms with Crippen molar-refractivity contribution in [2.24, 2.45) is 0 Å². The summed E-state index contributed by atoms with van der Waals surface area (Å²) in [7, 11) is 1.44. The Kier molecular flexibility index (Phi) is 5.10. The second kappa shape index (κ2) is 7.62. The predicted molar refractivity (Wildman–Crippen MR) is 112 cm³/mol. The minimum absolute atomic E-state index is 0.167. The number of thiazole rings is 1. The number of amides is 1. The molecule has 4 aromatic rings. The van der Waals surface area contributed by atoms with Crippen molar-refractivity contribution in [3.05, 3.63) is 81.8 Å². The highest BCUT2D eigenvalue weighted by molar-refractivity contribution is 7.22. The van der Waals surface area contributed by atoms with Gasteiger partial charge >= 0.3 is 6.18 Å². The van der Waals surface area contributed by atoms with Crippen LogP contribution < -0.4 is 10.3 Å². The molecule has 4 rings (SSSR count). The summed E-state index contributed by atoms with van der Waals surface area (Å²) in [6.07, 6.45) is -4.63. The van der Waals surface area contributed by atoms with Gasteiger partial charge in [-0.05, 0) is 31.2 Å². The fourth-order valence-electron chi connectivity index (χ4n) is 3.09. The summed E-state index contributed by atoms with van der Waals surface area (Å²) >= 11 is 1.25. The van der Waals surface area contributed by atoms with Crippen molar-refractivity contribution >= 4 is 32.6 Å². The number of rotatable bonds is 3. The van der Waals surface area contributed by atoms with Gasteiger partial charge in [-0.15, -0.1) is 0 Å². The average molecular weight is 444 g/mol. The minimum atomic E-state index is -4.63. The van der Waals surface area contributed by atoms with Crippen LogP contribution in [0.15, 0.2) is 59.4 Å². The number of hydrogen-bond donors (Lipinski definition) is 0. The van der Waals surface area contributed by atoms with Crippen molar-refractivity contribution < 1.29 is 18.0 Å². The number of halogens is 3. The zero-order chi connectivity index (χ0) is 22.3. The first kappa shape index (κ1) is 20.7. The smallest absolute Gasteiger partial charge is 0.287 e. The summed E-state index contributed by atoms with van der Waals surface area (Å²) in [5.41, 5.74) is -1.52. The first-order valence-corrected chi connectivity index (χ1v) is 9.89. The van der Waals surface area contributed by atoms with Gasteiger partial charge in [-0.1, -0.05) is 35.6 Å². The fraction of sp³-hybridized carbons (Fsp3) is 0.143. The molecule has 0 bridgehead atoms. The molecule has 0 aliphatic carbocycles. The molecule has 0 saturated heterocycles. The maximum absolute atomic E-state index is 13.5. The summed E-state index contributed by atoms with van der Waals surface area (Å²) in [5.74, 6) is -0.762. The Hall–Kier alpha value is -3.53. The lowest BCUT2D eigenvalue weighted by Crippen LogP contribution is -2.33. The second-order valence-corrected chi connectivity index (χ2v) is 7.76. The minimum Gasteiger partial charge on any atom is -0.287 e. The van der Waals surface area contributed by atoms with Gasteiger partial charge in [0.25, 0.3) is 5.91 Å². The molecule has 0 aliphatic heterocycles. The van der Waals surface area contributed by atoms with Gasteiger partial charge in [0.05, 0.1) is 21.5 Å². The lowest BCUT2D eigenvalue weighted by molar-refractivity contribution is -0.137. The molecule has 6 nitrogen and oxygen atoms in total. The van der Waals surface area contributed by atoms with Gasteiger partial charge in [0, 0.05) is 18.8 Å². The van der Waals surface area contributed by atoms with Crippen molar-refractivity contribution in [1.82, 2.24) is 14.8 Å². The number of carbonyl (C=O) groups excluding carboxylic acids is 1. The van der Waals surface area contributed by atoms with Crippen molar-refractivity contribution in [2.75, 3.05) is 11.9 Å². The fourth-order valence-corrected chi connectivity index (χ4v) is 4.01. The van der Waals surface area contributed by atoms with Gasteiger partial charge in [0.1, 0.15) is 0 Å². The Bertz CT molecular complexity index is 1330. The van der Waals surface area contributed by atoms with E-state index in [-0.39, 0.29) is 11.4 Å². The van der Waals surface area contributed by atoms with Crippen LogP contribution in [0, 0.1) is 6.92 Å². The predicted octanol–water partition coefficient (Wildman–Crippen LogP) is 4.45. The Morgan fingerprint density at radius 2 is 1.77 bits per heavy atom. The van der Waals surface area contributed by atoms with Gasteiger partial charge in [-0.3, -0.25) is 14.5 Å². The van der Waals surface area contributed by atoms with Crippen LogP contribution in [0.2, 0.25) is 0 Å². The Balaban J connectivity index is 1.80. The topological polar surface area (TPSA) is 68.1 Å². The molecule has 0 saturated carbocycles. The number of anilines is 1. The Morgan fingerprint density at radius 3 is 2.48 bits per heavy atom. The number of fused-ring (bicyclic) bond motifs is 1. The van der Waals surface area contributed by atoms with Crippen LogP contribution in [0.5, 0.6) is 0 Å². The van der Waals surface area contributed by atoms with Gasteiger partial charge in [0.15, 0.2) is 10.8 Å². The number of hydrogen-bond acceptors (Lipinski definition) is 5.